The summed E-state index contributed by atoms with van der Waals surface area (Å²) < 4.78 is 36.7. The second-order valence-corrected chi connectivity index (χ2v) is 11.4. The minimum absolute atomic E-state index is 0.0795. The molecule has 1 amide bonds. The van der Waals surface area contributed by atoms with E-state index in [1.54, 1.807) is 36.9 Å². The van der Waals surface area contributed by atoms with Crippen molar-refractivity contribution in [3.63, 3.8) is 0 Å². The summed E-state index contributed by atoms with van der Waals surface area (Å²) in [4.78, 5) is 12.7. The third-order valence-corrected chi connectivity index (χ3v) is 9.65. The normalized spacial score (nSPS) is 22.2. The number of methoxy groups -OCH3 is 1. The van der Waals surface area contributed by atoms with E-state index in [1.165, 1.54) is 18.2 Å². The second-order valence-electron chi connectivity index (χ2n) is 8.74. The van der Waals surface area contributed by atoms with Crippen molar-refractivity contribution in [2.24, 2.45) is 5.41 Å². The number of halogens is 1. The summed E-state index contributed by atoms with van der Waals surface area (Å²) in [5.41, 5.74) is 1.37. The molecule has 1 heterocycles. The van der Waals surface area contributed by atoms with Crippen molar-refractivity contribution in [3.05, 3.63) is 47.5 Å². The number of nitrogens with one attached hydrogen (secondary N) is 2. The Morgan fingerprint density at radius 2 is 1.73 bits per heavy atom. The van der Waals surface area contributed by atoms with Crippen LogP contribution >= 0.6 is 11.6 Å². The van der Waals surface area contributed by atoms with Gasteiger partial charge in [0.2, 0.25) is 0 Å². The maximum absolute atomic E-state index is 13.8. The van der Waals surface area contributed by atoms with Gasteiger partial charge in [-0.2, -0.15) is 0 Å². The summed E-state index contributed by atoms with van der Waals surface area (Å²) >= 11 is 6.38. The van der Waals surface area contributed by atoms with Crippen molar-refractivity contribution in [1.82, 2.24) is 10.8 Å². The third-order valence-electron chi connectivity index (χ3n) is 6.91. The van der Waals surface area contributed by atoms with Crippen LogP contribution in [0.4, 0.5) is 0 Å². The molecule has 33 heavy (non-hydrogen) atoms. The number of carbonyl (C=O) groups excluding carboxylic acids is 1. The molecule has 0 radical (unpaired) electrons. The van der Waals surface area contributed by atoms with Crippen LogP contribution in [0.25, 0.3) is 0 Å². The first-order valence-corrected chi connectivity index (χ1v) is 12.6. The van der Waals surface area contributed by atoms with Crippen molar-refractivity contribution in [2.75, 3.05) is 20.2 Å². The summed E-state index contributed by atoms with van der Waals surface area (Å²) in [5, 5.41) is 12.8. The first-order valence-electron chi connectivity index (χ1n) is 10.8. The van der Waals surface area contributed by atoms with Crippen LogP contribution < -0.4 is 20.3 Å². The van der Waals surface area contributed by atoms with Gasteiger partial charge in [0.1, 0.15) is 17.2 Å². The maximum atomic E-state index is 13.8. The van der Waals surface area contributed by atoms with Crippen LogP contribution in [0.15, 0.2) is 47.4 Å². The van der Waals surface area contributed by atoms with Crippen molar-refractivity contribution in [1.29, 1.82) is 0 Å². The number of amides is 1. The third kappa shape index (κ3) is 4.30. The highest BCUT2D eigenvalue weighted by atomic mass is 35.5. The zero-order valence-corrected chi connectivity index (χ0v) is 19.8. The van der Waals surface area contributed by atoms with Gasteiger partial charge in [-0.3, -0.25) is 10.0 Å². The molecule has 3 N–H and O–H groups in total. The summed E-state index contributed by atoms with van der Waals surface area (Å²) in [6.07, 6.45) is 2.49. The average Bonchev–Trinajstić information content (AvgIpc) is 3.21. The fraction of sp³-hybridized carbons (Fsp3) is 0.435. The van der Waals surface area contributed by atoms with E-state index in [9.17, 15) is 18.4 Å². The number of ether oxygens (including phenoxy) is 2. The molecule has 1 spiro atoms. The first-order chi connectivity index (χ1) is 15.7. The van der Waals surface area contributed by atoms with E-state index in [1.807, 2.05) is 0 Å². The Kier molecular flexibility index (Phi) is 6.59. The highest BCUT2D eigenvalue weighted by Crippen LogP contribution is 2.54. The molecule has 1 unspecified atom stereocenters. The smallest absolute Gasteiger partial charge is 0.265 e. The molecule has 0 bridgehead atoms. The number of rotatable bonds is 6. The number of hydroxylamine groups is 1. The van der Waals surface area contributed by atoms with Gasteiger partial charge >= 0.3 is 0 Å². The van der Waals surface area contributed by atoms with Crippen molar-refractivity contribution in [2.45, 2.75) is 41.7 Å². The van der Waals surface area contributed by atoms with Crippen LogP contribution in [0, 0.1) is 5.41 Å². The van der Waals surface area contributed by atoms with E-state index in [0.29, 0.717) is 17.9 Å². The topological polar surface area (TPSA) is 114 Å². The van der Waals surface area contributed by atoms with Gasteiger partial charge in [0, 0.05) is 0 Å². The molecular weight excluding hydrogens is 468 g/mol. The number of hydrogen-bond donors (Lipinski definition) is 3. The quantitative estimate of drug-likeness (QED) is 0.414. The Labute approximate surface area is 198 Å². The van der Waals surface area contributed by atoms with Gasteiger partial charge in [-0.05, 0) is 93.1 Å². The highest BCUT2D eigenvalue weighted by Gasteiger charge is 2.60. The highest BCUT2D eigenvalue weighted by molar-refractivity contribution is 7.93. The van der Waals surface area contributed by atoms with Crippen molar-refractivity contribution < 1.29 is 27.9 Å². The Bertz CT molecular complexity index is 1130. The Morgan fingerprint density at radius 3 is 2.33 bits per heavy atom. The van der Waals surface area contributed by atoms with Crippen LogP contribution in [-0.4, -0.2) is 44.5 Å². The molecule has 1 saturated carbocycles. The van der Waals surface area contributed by atoms with Gasteiger partial charge < -0.3 is 14.8 Å². The molecule has 178 valence electrons. The van der Waals surface area contributed by atoms with Crippen LogP contribution in [0.3, 0.4) is 0 Å². The van der Waals surface area contributed by atoms with Crippen molar-refractivity contribution in [3.8, 4) is 17.2 Å². The molecule has 1 aliphatic heterocycles. The average molecular weight is 495 g/mol. The van der Waals surface area contributed by atoms with Gasteiger partial charge in [0.25, 0.3) is 5.91 Å². The van der Waals surface area contributed by atoms with E-state index < -0.39 is 20.5 Å². The van der Waals surface area contributed by atoms with E-state index in [2.05, 4.69) is 5.32 Å². The minimum Gasteiger partial charge on any atom is -0.497 e. The van der Waals surface area contributed by atoms with Gasteiger partial charge in [0.15, 0.2) is 14.6 Å². The summed E-state index contributed by atoms with van der Waals surface area (Å²) in [5.74, 6) is 0.564. The number of carbonyl (C=O) groups is 1. The predicted octanol–water partition coefficient (Wildman–Crippen LogP) is 3.71. The molecule has 1 atom stereocenters. The lowest BCUT2D eigenvalue weighted by atomic mass is 9.77. The van der Waals surface area contributed by atoms with Crippen molar-refractivity contribution >= 4 is 27.3 Å². The number of piperidine rings is 1. The molecular formula is C23H27ClN2O6S. The van der Waals surface area contributed by atoms with Gasteiger partial charge in [-0.15, -0.1) is 0 Å². The number of hydrogen-bond acceptors (Lipinski definition) is 7. The SMILES string of the molecule is COc1ccc(Oc2ccc(S(=O)(=O)C3(C(=O)NO)CCC4(CCNCC4)C3)cc2Cl)cc1. The molecule has 8 nitrogen and oxygen atoms in total. The minimum atomic E-state index is -4.16. The Balaban J connectivity index is 1.64. The van der Waals surface area contributed by atoms with Gasteiger partial charge in [0.05, 0.1) is 17.0 Å². The number of sulfone groups is 1. The molecule has 2 aromatic carbocycles. The van der Waals surface area contributed by atoms with E-state index >= 15 is 0 Å². The molecule has 10 heteroatoms. The monoisotopic (exact) mass is 494 g/mol. The molecule has 0 aromatic heterocycles. The maximum Gasteiger partial charge on any atom is 0.265 e. The van der Waals surface area contributed by atoms with Crippen LogP contribution in [0.2, 0.25) is 5.02 Å². The molecule has 2 fully saturated rings. The van der Waals surface area contributed by atoms with Gasteiger partial charge in [-0.1, -0.05) is 11.6 Å². The zero-order valence-electron chi connectivity index (χ0n) is 18.3. The molecule has 2 aliphatic rings. The van der Waals surface area contributed by atoms with E-state index in [0.717, 1.165) is 25.9 Å². The Morgan fingerprint density at radius 1 is 1.06 bits per heavy atom. The molecule has 1 aliphatic carbocycles. The van der Waals surface area contributed by atoms with E-state index in [-0.39, 0.29) is 33.9 Å². The molecule has 4 rings (SSSR count). The summed E-state index contributed by atoms with van der Waals surface area (Å²) in [6, 6.07) is 11.0. The first kappa shape index (κ1) is 23.8. The fourth-order valence-electron chi connectivity index (χ4n) is 5.01. The van der Waals surface area contributed by atoms with Crippen LogP contribution in [0.5, 0.6) is 17.2 Å². The second kappa shape index (κ2) is 9.13. The standard InChI is InChI=1S/C23H27ClN2O6S/c1-31-16-2-4-17(5-3-16)32-20-7-6-18(14-19(20)24)33(29,30)23(21(27)26-28)9-8-22(15-23)10-12-25-13-11-22/h2-7,14,25,28H,8-13,15H2,1H3,(H,26,27). The van der Waals surface area contributed by atoms with Crippen LogP contribution in [-0.2, 0) is 14.6 Å². The van der Waals surface area contributed by atoms with Crippen LogP contribution in [0.1, 0.15) is 32.1 Å². The largest absolute Gasteiger partial charge is 0.497 e. The molecule has 2 aromatic rings. The lowest BCUT2D eigenvalue weighted by Crippen LogP contribution is -2.51. The Hall–Kier alpha value is -2.33. The zero-order chi connectivity index (χ0) is 23.7. The molecule has 1 saturated heterocycles. The lowest BCUT2D eigenvalue weighted by molar-refractivity contribution is -0.132. The summed E-state index contributed by atoms with van der Waals surface area (Å²) in [6.45, 7) is 1.56. The summed E-state index contributed by atoms with van der Waals surface area (Å²) in [7, 11) is -2.59. The predicted molar refractivity (Wildman–Crippen MR) is 123 cm³/mol. The lowest BCUT2D eigenvalue weighted by Gasteiger charge is -2.36. The fourth-order valence-corrected chi connectivity index (χ4v) is 7.42. The number of benzene rings is 2. The van der Waals surface area contributed by atoms with Gasteiger partial charge in [-0.25, -0.2) is 13.9 Å². The van der Waals surface area contributed by atoms with E-state index in [4.69, 9.17) is 21.1 Å².